The molecule has 6 aliphatic rings. The summed E-state index contributed by atoms with van der Waals surface area (Å²) in [6.07, 6.45) is 18.0. The van der Waals surface area contributed by atoms with Gasteiger partial charge in [0.1, 0.15) is 0 Å². The number of thiol groups is 1. The number of allylic oxidation sites excluding steroid dienone is 2. The number of carbonyl (C=O) groups is 1. The van der Waals surface area contributed by atoms with E-state index in [0.29, 0.717) is 35.2 Å². The van der Waals surface area contributed by atoms with Gasteiger partial charge in [-0.1, -0.05) is 73.1 Å². The fourth-order valence-electron chi connectivity index (χ4n) is 13.9. The third kappa shape index (κ3) is 7.42. The van der Waals surface area contributed by atoms with E-state index in [1.54, 1.807) is 6.26 Å². The third-order valence-electron chi connectivity index (χ3n) is 16.5. The minimum atomic E-state index is -0.642. The predicted octanol–water partition coefficient (Wildman–Crippen LogP) is 9.47. The first-order chi connectivity index (χ1) is 26.8. The van der Waals surface area contributed by atoms with Crippen molar-refractivity contribution in [1.29, 1.82) is 0 Å². The molecule has 56 heavy (non-hydrogen) atoms. The molecule has 0 bridgehead atoms. The fourth-order valence-corrected chi connectivity index (χ4v) is 15.0. The van der Waals surface area contributed by atoms with Crippen molar-refractivity contribution in [2.45, 2.75) is 124 Å². The van der Waals surface area contributed by atoms with E-state index in [2.05, 4.69) is 99.7 Å². The molecule has 2 heterocycles. The molecule has 1 aromatic heterocycles. The largest absolute Gasteiger partial charge is 0.465 e. The Morgan fingerprint density at radius 1 is 0.946 bits per heavy atom. The number of carbonyl (C=O) groups excluding carboxylic acids is 1. The Labute approximate surface area is 346 Å². The van der Waals surface area contributed by atoms with Crippen molar-refractivity contribution >= 4 is 35.0 Å². The Bertz CT molecular complexity index is 1690. The normalized spacial score (nSPS) is 37.5. The number of aromatic nitrogens is 2. The summed E-state index contributed by atoms with van der Waals surface area (Å²) in [6, 6.07) is 8.09. The second kappa shape index (κ2) is 17.3. The van der Waals surface area contributed by atoms with Crippen molar-refractivity contribution in [3.05, 3.63) is 53.8 Å². The second-order valence-corrected chi connectivity index (χ2v) is 20.9. The van der Waals surface area contributed by atoms with Gasteiger partial charge in [0, 0.05) is 59.9 Å². The third-order valence-corrected chi connectivity index (χ3v) is 17.8. The topological polar surface area (TPSA) is 97.6 Å². The van der Waals surface area contributed by atoms with Crippen LogP contribution in [0.4, 0.5) is 0 Å². The molecule has 1 aliphatic heterocycles. The van der Waals surface area contributed by atoms with Gasteiger partial charge in [0.2, 0.25) is 12.3 Å². The zero-order valence-corrected chi connectivity index (χ0v) is 37.7. The van der Waals surface area contributed by atoms with Crippen LogP contribution in [0.1, 0.15) is 140 Å². The summed E-state index contributed by atoms with van der Waals surface area (Å²) in [5.74, 6) is 4.84. The number of fused-ring (bicyclic) bond motifs is 7. The molecular formula is C46H72N4O4S2. The van der Waals surface area contributed by atoms with Gasteiger partial charge in [-0.25, -0.2) is 4.79 Å². The highest BCUT2D eigenvalue weighted by molar-refractivity contribution is 7.85. The average molecular weight is 809 g/mol. The molecular weight excluding hydrogens is 737 g/mol. The summed E-state index contributed by atoms with van der Waals surface area (Å²) in [5, 5.41) is 13.0. The molecule has 4 saturated carbocycles. The van der Waals surface area contributed by atoms with E-state index in [1.807, 2.05) is 12.1 Å². The van der Waals surface area contributed by atoms with Gasteiger partial charge in [0.25, 0.3) is 0 Å². The van der Waals surface area contributed by atoms with Gasteiger partial charge in [0.05, 0.1) is 12.7 Å². The average Bonchev–Trinajstić information content (AvgIpc) is 3.86. The van der Waals surface area contributed by atoms with Gasteiger partial charge in [0.15, 0.2) is 0 Å². The fraction of sp³-hybridized carbons (Fsp3) is 0.761. The van der Waals surface area contributed by atoms with Crippen LogP contribution in [-0.2, 0) is 15.5 Å². The summed E-state index contributed by atoms with van der Waals surface area (Å²) in [7, 11) is 0.802. The second-order valence-electron chi connectivity index (χ2n) is 19.2. The molecule has 8 rings (SSSR count). The lowest BCUT2D eigenvalue weighted by atomic mass is 9.33. The standard InChI is InChI=1S/C42H60N4O4S.C3H8.CH4S/c1-38(2)31(28-7-9-29(10-8-28)37(47)49-6)14-16-39(3)33(38)15-17-41(5)34(39)12-11-32-35-30(36-45-44-27-50-36)13-18-42(35,20-19-40(32,41)4)43-21-22-46-23-25-51(48)26-24-46;1-3-2;1-2/h7-10,14,27,30,32-35,43H,11-13,15-26H2,1-6H3;3H2,1-2H3;2H,1H3/t30-,32?,33?,34?,35?,39?,40-,41?,42?;;/m1../s1. The van der Waals surface area contributed by atoms with Crippen LogP contribution in [0.2, 0.25) is 0 Å². The number of hydrogen-bond acceptors (Lipinski definition) is 9. The number of nitrogens with zero attached hydrogens (tertiary/aromatic N) is 3. The minimum Gasteiger partial charge on any atom is -0.465 e. The van der Waals surface area contributed by atoms with Gasteiger partial charge in [-0.05, 0) is 133 Å². The van der Waals surface area contributed by atoms with Crippen LogP contribution < -0.4 is 5.32 Å². The van der Waals surface area contributed by atoms with Gasteiger partial charge >= 0.3 is 5.97 Å². The molecule has 5 fully saturated rings. The minimum absolute atomic E-state index is 0.0302. The Hall–Kier alpha value is -2.01. The van der Waals surface area contributed by atoms with Crippen LogP contribution in [0.3, 0.4) is 0 Å². The summed E-state index contributed by atoms with van der Waals surface area (Å²) < 4.78 is 23.0. The van der Waals surface area contributed by atoms with Crippen LogP contribution >= 0.6 is 12.6 Å². The molecule has 10 heteroatoms. The monoisotopic (exact) mass is 808 g/mol. The predicted molar refractivity (Wildman–Crippen MR) is 232 cm³/mol. The summed E-state index contributed by atoms with van der Waals surface area (Å²) in [6.45, 7) is 21.2. The quantitative estimate of drug-likeness (QED) is 0.211. The number of hydrogen-bond donors (Lipinski definition) is 2. The van der Waals surface area contributed by atoms with E-state index in [9.17, 15) is 9.00 Å². The maximum absolute atomic E-state index is 12.2. The first-order valence-corrected chi connectivity index (χ1v) is 24.1. The Morgan fingerprint density at radius 3 is 2.29 bits per heavy atom. The molecule has 0 amide bonds. The first-order valence-electron chi connectivity index (χ1n) is 21.7. The highest BCUT2D eigenvalue weighted by Crippen LogP contribution is 2.77. The van der Waals surface area contributed by atoms with Crippen molar-refractivity contribution in [2.24, 2.45) is 45.3 Å². The van der Waals surface area contributed by atoms with Crippen molar-refractivity contribution in [1.82, 2.24) is 20.4 Å². The van der Waals surface area contributed by atoms with Crippen LogP contribution in [-0.4, -0.2) is 81.9 Å². The lowest BCUT2D eigenvalue weighted by Crippen LogP contribution is -2.68. The molecule has 0 spiro atoms. The molecule has 5 aliphatic carbocycles. The highest BCUT2D eigenvalue weighted by Gasteiger charge is 2.70. The van der Waals surface area contributed by atoms with Crippen molar-refractivity contribution in [2.75, 3.05) is 51.1 Å². The summed E-state index contributed by atoms with van der Waals surface area (Å²) in [5.41, 5.74) is 4.12. The zero-order chi connectivity index (χ0) is 40.5. The molecule has 0 radical (unpaired) electrons. The van der Waals surface area contributed by atoms with Crippen molar-refractivity contribution < 1.29 is 18.2 Å². The van der Waals surface area contributed by atoms with Crippen molar-refractivity contribution in [3.8, 4) is 0 Å². The van der Waals surface area contributed by atoms with E-state index in [1.165, 1.54) is 76.0 Å². The van der Waals surface area contributed by atoms with E-state index in [4.69, 9.17) is 9.15 Å². The first kappa shape index (κ1) is 43.6. The maximum Gasteiger partial charge on any atom is 0.337 e. The lowest BCUT2D eigenvalue weighted by Gasteiger charge is -2.72. The lowest BCUT2D eigenvalue weighted by molar-refractivity contribution is -0.218. The molecule has 1 aromatic carbocycles. The Balaban J connectivity index is 0.00000102. The van der Waals surface area contributed by atoms with Gasteiger partial charge in [-0.3, -0.25) is 4.21 Å². The van der Waals surface area contributed by atoms with Gasteiger partial charge in [-0.2, -0.15) is 12.6 Å². The molecule has 1 saturated heterocycles. The number of nitrogens with one attached hydrogen (secondary N) is 1. The van der Waals surface area contributed by atoms with Crippen molar-refractivity contribution in [3.63, 3.8) is 0 Å². The Morgan fingerprint density at radius 2 is 1.64 bits per heavy atom. The molecule has 9 atom stereocenters. The SMILES string of the molecule is CCC.COC(=O)c1ccc(C2=CCC3(C)C(CCC4(C)C3CCC3C5[C@H](c6nnco6)CCC5(NCCN5CCS(=O)CC5)CC[C@]34C)C2(C)C)cc1.CS. The molecule has 7 unspecified atom stereocenters. The zero-order valence-electron chi connectivity index (χ0n) is 36.0. The molecule has 2 aromatic rings. The van der Waals surface area contributed by atoms with E-state index in [-0.39, 0.29) is 33.2 Å². The highest BCUT2D eigenvalue weighted by atomic mass is 32.2. The Kier molecular flexibility index (Phi) is 13.5. The summed E-state index contributed by atoms with van der Waals surface area (Å²) in [4.78, 5) is 14.7. The number of ether oxygens (including phenoxy) is 1. The number of methoxy groups -OCH3 is 1. The van der Waals surface area contributed by atoms with Crippen LogP contribution in [0, 0.1) is 45.3 Å². The van der Waals surface area contributed by atoms with E-state index < -0.39 is 10.8 Å². The summed E-state index contributed by atoms with van der Waals surface area (Å²) >= 11 is 3.53. The van der Waals surface area contributed by atoms with E-state index >= 15 is 0 Å². The molecule has 1 N–H and O–H groups in total. The smallest absolute Gasteiger partial charge is 0.337 e. The van der Waals surface area contributed by atoms with Gasteiger partial charge in [-0.15, -0.1) is 10.2 Å². The van der Waals surface area contributed by atoms with Crippen LogP contribution in [0.15, 0.2) is 41.2 Å². The number of rotatable bonds is 7. The number of benzene rings is 1. The number of esters is 1. The molecule has 8 nitrogen and oxygen atoms in total. The van der Waals surface area contributed by atoms with Gasteiger partial charge < -0.3 is 19.4 Å². The molecule has 312 valence electrons. The van der Waals surface area contributed by atoms with Crippen LogP contribution in [0.25, 0.3) is 5.57 Å². The maximum atomic E-state index is 12.2. The van der Waals surface area contributed by atoms with Crippen LogP contribution in [0.5, 0.6) is 0 Å². The van der Waals surface area contributed by atoms with E-state index in [0.717, 1.165) is 56.4 Å².